The maximum absolute atomic E-state index is 9.72. The maximum Gasteiger partial charge on any atom is 0.137 e. The molecule has 0 bridgehead atoms. The molecule has 202 valence electrons. The monoisotopic (exact) mass is 546 g/mol. The molecule has 0 aliphatic rings. The molecular weight excluding hydrogens is 520 g/mol. The lowest BCUT2D eigenvalue weighted by Crippen LogP contribution is -1.91. The van der Waals surface area contributed by atoms with E-state index < -0.39 is 0 Å². The molecule has 6 heteroatoms. The van der Waals surface area contributed by atoms with Gasteiger partial charge < -0.3 is 20.2 Å². The van der Waals surface area contributed by atoms with Crippen LogP contribution in [0.2, 0.25) is 0 Å². The number of aromatic amines is 2. The Hall–Kier alpha value is -5.88. The number of hydrogen-bond acceptors (Lipinski definition) is 4. The van der Waals surface area contributed by atoms with Gasteiger partial charge in [-0.1, -0.05) is 72.8 Å². The first-order valence-electron chi connectivity index (χ1n) is 13.6. The van der Waals surface area contributed by atoms with Crippen LogP contribution < -0.4 is 0 Å². The Balaban J connectivity index is 1.28. The largest absolute Gasteiger partial charge is 0.508 e. The van der Waals surface area contributed by atoms with E-state index >= 15 is 0 Å². The Kier molecular flexibility index (Phi) is 6.33. The summed E-state index contributed by atoms with van der Waals surface area (Å²) in [6, 6.07) is 35.7. The highest BCUT2D eigenvalue weighted by atomic mass is 16.3. The number of phenols is 2. The Morgan fingerprint density at radius 3 is 1.10 bits per heavy atom. The van der Waals surface area contributed by atoms with Crippen LogP contribution in [0.15, 0.2) is 134 Å². The minimum absolute atomic E-state index is 0.243. The minimum Gasteiger partial charge on any atom is -0.508 e. The Morgan fingerprint density at radius 1 is 0.381 bits per heavy atom. The van der Waals surface area contributed by atoms with Gasteiger partial charge in [-0.05, 0) is 80.9 Å². The zero-order valence-electron chi connectivity index (χ0n) is 22.5. The molecule has 4 N–H and O–H groups in total. The van der Waals surface area contributed by atoms with E-state index in [0.29, 0.717) is 0 Å². The summed E-state index contributed by atoms with van der Waals surface area (Å²) in [6.45, 7) is 0. The topological polar surface area (TPSA) is 97.8 Å². The van der Waals surface area contributed by atoms with Crippen molar-refractivity contribution in [2.75, 3.05) is 0 Å². The number of phenolic OH excluding ortho intramolecular Hbond substituents is 2. The highest BCUT2D eigenvalue weighted by Crippen LogP contribution is 2.38. The van der Waals surface area contributed by atoms with Crippen LogP contribution in [0.1, 0.15) is 0 Å². The summed E-state index contributed by atoms with van der Waals surface area (Å²) in [4.78, 5) is 15.6. The first kappa shape index (κ1) is 25.1. The molecule has 7 rings (SSSR count). The first-order valence-corrected chi connectivity index (χ1v) is 13.6. The summed E-state index contributed by atoms with van der Waals surface area (Å²) in [7, 11) is 0. The van der Waals surface area contributed by atoms with Crippen LogP contribution in [0, 0.1) is 0 Å². The number of nitrogens with zero attached hydrogens (tertiary/aromatic N) is 2. The van der Waals surface area contributed by atoms with Crippen LogP contribution in [0.25, 0.3) is 67.3 Å². The van der Waals surface area contributed by atoms with Gasteiger partial charge in [-0.15, -0.1) is 0 Å². The number of hydrogen-bond donors (Lipinski definition) is 4. The summed E-state index contributed by atoms with van der Waals surface area (Å²) < 4.78 is 0. The Morgan fingerprint density at radius 2 is 0.738 bits per heavy atom. The van der Waals surface area contributed by atoms with Crippen LogP contribution in [0.3, 0.4) is 0 Å². The van der Waals surface area contributed by atoms with Gasteiger partial charge >= 0.3 is 0 Å². The van der Waals surface area contributed by atoms with Crippen LogP contribution in [0.5, 0.6) is 11.5 Å². The third kappa shape index (κ3) is 4.82. The molecule has 0 spiro atoms. The SMILES string of the molecule is Oc1ccc(-c2ccc(-c3ccc(-c4ccc(-c5ccc(O)cc5)cc4-c4ncc[nH]4)cc3)c(-c3ncc[nH]3)c2)cc1. The van der Waals surface area contributed by atoms with Crippen molar-refractivity contribution in [3.63, 3.8) is 0 Å². The van der Waals surface area contributed by atoms with E-state index in [1.165, 1.54) is 0 Å². The highest BCUT2D eigenvalue weighted by molar-refractivity contribution is 5.88. The lowest BCUT2D eigenvalue weighted by Gasteiger charge is -2.14. The average molecular weight is 547 g/mol. The molecule has 0 aliphatic carbocycles. The second-order valence-corrected chi connectivity index (χ2v) is 10.1. The number of H-pyrrole nitrogens is 2. The van der Waals surface area contributed by atoms with Gasteiger partial charge in [0.15, 0.2) is 0 Å². The van der Waals surface area contributed by atoms with E-state index in [-0.39, 0.29) is 11.5 Å². The average Bonchev–Trinajstić information content (AvgIpc) is 3.77. The Bertz CT molecular complexity index is 1810. The van der Waals surface area contributed by atoms with E-state index in [0.717, 1.165) is 67.3 Å². The van der Waals surface area contributed by atoms with Gasteiger partial charge in [-0.2, -0.15) is 0 Å². The summed E-state index contributed by atoms with van der Waals surface area (Å²) in [5.41, 5.74) is 10.4. The molecule has 5 aromatic carbocycles. The summed E-state index contributed by atoms with van der Waals surface area (Å²) in [6.07, 6.45) is 7.17. The van der Waals surface area contributed by atoms with Gasteiger partial charge in [0.25, 0.3) is 0 Å². The van der Waals surface area contributed by atoms with Crippen LogP contribution in [-0.2, 0) is 0 Å². The van der Waals surface area contributed by atoms with Gasteiger partial charge in [0.2, 0.25) is 0 Å². The fraction of sp³-hybridized carbons (Fsp3) is 0. The van der Waals surface area contributed by atoms with Gasteiger partial charge in [0.1, 0.15) is 23.1 Å². The fourth-order valence-corrected chi connectivity index (χ4v) is 5.31. The molecule has 7 aromatic rings. The molecule has 0 saturated heterocycles. The lowest BCUT2D eigenvalue weighted by molar-refractivity contribution is 0.475. The number of aromatic nitrogens is 4. The molecule has 2 heterocycles. The summed E-state index contributed by atoms with van der Waals surface area (Å²) >= 11 is 0. The van der Waals surface area contributed by atoms with Gasteiger partial charge in [-0.3, -0.25) is 0 Å². The maximum atomic E-state index is 9.72. The van der Waals surface area contributed by atoms with Crippen molar-refractivity contribution in [1.82, 2.24) is 19.9 Å². The van der Waals surface area contributed by atoms with Crippen LogP contribution >= 0.6 is 0 Å². The number of benzene rings is 5. The van der Waals surface area contributed by atoms with Crippen molar-refractivity contribution < 1.29 is 10.2 Å². The van der Waals surface area contributed by atoms with Crippen molar-refractivity contribution >= 4 is 0 Å². The molecule has 0 unspecified atom stereocenters. The predicted octanol–water partition coefficient (Wildman–Crippen LogP) is 8.55. The van der Waals surface area contributed by atoms with E-state index in [4.69, 9.17) is 0 Å². The fourth-order valence-electron chi connectivity index (χ4n) is 5.31. The van der Waals surface area contributed by atoms with E-state index in [1.54, 1.807) is 36.7 Å². The van der Waals surface area contributed by atoms with Gasteiger partial charge in [0, 0.05) is 35.9 Å². The van der Waals surface area contributed by atoms with Crippen molar-refractivity contribution in [2.45, 2.75) is 0 Å². The van der Waals surface area contributed by atoms with E-state index in [9.17, 15) is 10.2 Å². The minimum atomic E-state index is 0.243. The summed E-state index contributed by atoms with van der Waals surface area (Å²) in [5, 5.41) is 19.4. The molecule has 0 amide bonds. The molecule has 0 radical (unpaired) electrons. The highest BCUT2D eigenvalue weighted by Gasteiger charge is 2.15. The van der Waals surface area contributed by atoms with Crippen LogP contribution in [0.4, 0.5) is 0 Å². The molecule has 0 atom stereocenters. The lowest BCUT2D eigenvalue weighted by atomic mass is 9.91. The van der Waals surface area contributed by atoms with Gasteiger partial charge in [0.05, 0.1) is 0 Å². The Labute approximate surface area is 242 Å². The van der Waals surface area contributed by atoms with Crippen molar-refractivity contribution in [1.29, 1.82) is 0 Å². The molecule has 42 heavy (non-hydrogen) atoms. The van der Waals surface area contributed by atoms with Crippen molar-refractivity contribution in [3.05, 3.63) is 134 Å². The third-order valence-electron chi connectivity index (χ3n) is 7.45. The third-order valence-corrected chi connectivity index (χ3v) is 7.45. The van der Waals surface area contributed by atoms with Crippen LogP contribution in [-0.4, -0.2) is 30.1 Å². The normalized spacial score (nSPS) is 11.0. The summed E-state index contributed by atoms with van der Waals surface area (Å²) in [5.74, 6) is 2.07. The van der Waals surface area contributed by atoms with Crippen molar-refractivity contribution in [3.8, 4) is 78.8 Å². The molecular formula is C36H26N4O2. The van der Waals surface area contributed by atoms with Gasteiger partial charge in [-0.25, -0.2) is 9.97 Å². The first-order chi connectivity index (χ1) is 20.6. The zero-order chi connectivity index (χ0) is 28.5. The number of imidazole rings is 2. The number of rotatable bonds is 6. The van der Waals surface area contributed by atoms with E-state index in [2.05, 4.69) is 80.6 Å². The number of nitrogens with one attached hydrogen (secondary N) is 2. The second-order valence-electron chi connectivity index (χ2n) is 10.1. The standard InChI is InChI=1S/C36H26N4O2/c41-29-11-5-23(6-12-29)27-9-15-31(33(21-27)35-37-17-18-38-35)25-1-2-26(4-3-25)32-16-10-28(24-7-13-30(42)14-8-24)22-34(32)36-39-19-20-40-36/h1-22,41-42H,(H,37,38)(H,39,40). The quantitative estimate of drug-likeness (QED) is 0.168. The smallest absolute Gasteiger partial charge is 0.137 e. The molecule has 0 saturated carbocycles. The van der Waals surface area contributed by atoms with E-state index in [1.807, 2.05) is 36.7 Å². The molecule has 2 aromatic heterocycles. The zero-order valence-corrected chi connectivity index (χ0v) is 22.5. The van der Waals surface area contributed by atoms with Crippen molar-refractivity contribution in [2.24, 2.45) is 0 Å². The predicted molar refractivity (Wildman–Crippen MR) is 167 cm³/mol. The second kappa shape index (κ2) is 10.6. The molecule has 0 aliphatic heterocycles. The number of aromatic hydroxyl groups is 2. The molecule has 6 nitrogen and oxygen atoms in total. The molecule has 0 fully saturated rings.